The lowest BCUT2D eigenvalue weighted by Gasteiger charge is -2.30. The first kappa shape index (κ1) is 15.7. The molecule has 0 aromatic carbocycles. The Morgan fingerprint density at radius 2 is 2.23 bits per heavy atom. The molecule has 0 bridgehead atoms. The first-order valence-electron chi connectivity index (χ1n) is 8.00. The van der Waals surface area contributed by atoms with Gasteiger partial charge < -0.3 is 14.4 Å². The van der Waals surface area contributed by atoms with Crippen molar-refractivity contribution in [1.29, 1.82) is 0 Å². The smallest absolute Gasteiger partial charge is 0.236 e. The normalized spacial score (nSPS) is 22.4. The molecule has 0 amide bonds. The predicted molar refractivity (Wildman–Crippen MR) is 88.9 cm³/mol. The summed E-state index contributed by atoms with van der Waals surface area (Å²) in [5, 5.41) is 12.1. The second-order valence-corrected chi connectivity index (χ2v) is 7.26. The quantitative estimate of drug-likeness (QED) is 0.913. The van der Waals surface area contributed by atoms with Crippen molar-refractivity contribution in [1.82, 2.24) is 9.88 Å². The third-order valence-corrected chi connectivity index (χ3v) is 5.32. The van der Waals surface area contributed by atoms with Crippen LogP contribution < -0.4 is 0 Å². The van der Waals surface area contributed by atoms with E-state index in [1.165, 1.54) is 6.42 Å². The second-order valence-electron chi connectivity index (χ2n) is 6.31. The van der Waals surface area contributed by atoms with E-state index in [1.54, 1.807) is 11.3 Å². The Morgan fingerprint density at radius 1 is 1.41 bits per heavy atom. The maximum Gasteiger partial charge on any atom is 0.236 e. The molecule has 1 aliphatic carbocycles. The van der Waals surface area contributed by atoms with Gasteiger partial charge in [0.1, 0.15) is 5.76 Å². The second kappa shape index (κ2) is 6.94. The maximum absolute atomic E-state index is 10.1. The minimum atomic E-state index is -0.142. The summed E-state index contributed by atoms with van der Waals surface area (Å²) in [6.07, 6.45) is 4.33. The molecule has 1 saturated carbocycles. The van der Waals surface area contributed by atoms with E-state index in [2.05, 4.69) is 16.9 Å². The summed E-state index contributed by atoms with van der Waals surface area (Å²) in [5.74, 6) is 2.00. The Balaban J connectivity index is 1.62. The van der Waals surface area contributed by atoms with Gasteiger partial charge in [-0.25, -0.2) is 4.98 Å². The van der Waals surface area contributed by atoms with Gasteiger partial charge in [0.2, 0.25) is 5.89 Å². The molecule has 2 heterocycles. The summed E-state index contributed by atoms with van der Waals surface area (Å²) in [5.41, 5.74) is 0.996. The molecule has 2 aromatic rings. The van der Waals surface area contributed by atoms with Crippen molar-refractivity contribution in [3.05, 3.63) is 29.0 Å². The van der Waals surface area contributed by atoms with Gasteiger partial charge in [0.05, 0.1) is 16.7 Å². The van der Waals surface area contributed by atoms with Crippen LogP contribution in [-0.2, 0) is 6.54 Å². The predicted octanol–water partition coefficient (Wildman–Crippen LogP) is 3.69. The van der Waals surface area contributed by atoms with Crippen LogP contribution in [0.15, 0.2) is 21.9 Å². The Bertz CT molecular complexity index is 594. The average molecular weight is 320 g/mol. The van der Waals surface area contributed by atoms with Crippen LogP contribution in [0.2, 0.25) is 0 Å². The van der Waals surface area contributed by atoms with Crippen LogP contribution in [0, 0.1) is 12.8 Å². The van der Waals surface area contributed by atoms with Gasteiger partial charge in [-0.2, -0.15) is 0 Å². The lowest BCUT2D eigenvalue weighted by atomic mass is 9.86. The number of oxazole rings is 1. The fourth-order valence-corrected chi connectivity index (χ4v) is 3.85. The zero-order valence-electron chi connectivity index (χ0n) is 13.3. The number of rotatable bonds is 5. The maximum atomic E-state index is 10.1. The number of hydrogen-bond acceptors (Lipinski definition) is 5. The Morgan fingerprint density at radius 3 is 2.95 bits per heavy atom. The number of aromatic nitrogens is 1. The first-order chi connectivity index (χ1) is 10.6. The van der Waals surface area contributed by atoms with E-state index >= 15 is 0 Å². The Kier molecular flexibility index (Phi) is 4.96. The zero-order valence-corrected chi connectivity index (χ0v) is 14.1. The largest absolute Gasteiger partial charge is 0.440 e. The van der Waals surface area contributed by atoms with Gasteiger partial charge in [-0.1, -0.05) is 18.9 Å². The van der Waals surface area contributed by atoms with Gasteiger partial charge >= 0.3 is 0 Å². The van der Waals surface area contributed by atoms with Crippen molar-refractivity contribution >= 4 is 11.3 Å². The monoisotopic (exact) mass is 320 g/mol. The van der Waals surface area contributed by atoms with Crippen LogP contribution >= 0.6 is 11.3 Å². The lowest BCUT2D eigenvalue weighted by Crippen LogP contribution is -2.34. The molecular weight excluding hydrogens is 296 g/mol. The molecule has 0 radical (unpaired) electrons. The van der Waals surface area contributed by atoms with Crippen LogP contribution in [0.4, 0.5) is 0 Å². The van der Waals surface area contributed by atoms with Gasteiger partial charge in [0.15, 0.2) is 0 Å². The van der Waals surface area contributed by atoms with E-state index in [9.17, 15) is 5.11 Å². The molecule has 22 heavy (non-hydrogen) atoms. The molecule has 0 saturated heterocycles. The highest BCUT2D eigenvalue weighted by molar-refractivity contribution is 7.13. The number of hydrogen-bond donors (Lipinski definition) is 1. The van der Waals surface area contributed by atoms with E-state index in [0.29, 0.717) is 11.8 Å². The molecule has 120 valence electrons. The highest BCUT2D eigenvalue weighted by atomic mass is 32.1. The first-order valence-corrected chi connectivity index (χ1v) is 8.88. The molecule has 0 spiro atoms. The van der Waals surface area contributed by atoms with Crippen molar-refractivity contribution < 1.29 is 9.52 Å². The molecule has 2 atom stereocenters. The van der Waals surface area contributed by atoms with Gasteiger partial charge in [0.25, 0.3) is 0 Å². The van der Waals surface area contributed by atoms with Crippen molar-refractivity contribution in [2.45, 2.75) is 45.3 Å². The van der Waals surface area contributed by atoms with Crippen LogP contribution in [0.1, 0.15) is 37.1 Å². The third-order valence-electron chi connectivity index (χ3n) is 4.46. The van der Waals surface area contributed by atoms with E-state index in [4.69, 9.17) is 4.42 Å². The average Bonchev–Trinajstić information content (AvgIpc) is 3.12. The van der Waals surface area contributed by atoms with E-state index < -0.39 is 0 Å². The molecule has 3 rings (SSSR count). The van der Waals surface area contributed by atoms with Gasteiger partial charge in [-0.15, -0.1) is 11.3 Å². The molecular formula is C17H24N2O2S. The molecule has 0 aliphatic heterocycles. The number of aryl methyl sites for hydroxylation is 1. The zero-order chi connectivity index (χ0) is 15.5. The topological polar surface area (TPSA) is 49.5 Å². The molecule has 1 fully saturated rings. The summed E-state index contributed by atoms with van der Waals surface area (Å²) in [6.45, 7) is 3.66. The fourth-order valence-electron chi connectivity index (χ4n) is 3.20. The number of aliphatic hydroxyl groups excluding tert-OH is 1. The molecule has 1 N–H and O–H groups in total. The van der Waals surface area contributed by atoms with Crippen LogP contribution in [0.3, 0.4) is 0 Å². The molecule has 1 aliphatic rings. The lowest BCUT2D eigenvalue weighted by molar-refractivity contribution is 0.0499. The molecule has 2 unspecified atom stereocenters. The van der Waals surface area contributed by atoms with Gasteiger partial charge in [-0.05, 0) is 44.2 Å². The van der Waals surface area contributed by atoms with Gasteiger partial charge in [-0.3, -0.25) is 0 Å². The van der Waals surface area contributed by atoms with Crippen LogP contribution in [0.5, 0.6) is 0 Å². The summed E-state index contributed by atoms with van der Waals surface area (Å²) in [7, 11) is 2.10. The Labute approximate surface area is 135 Å². The highest BCUT2D eigenvalue weighted by Gasteiger charge is 2.24. The van der Waals surface area contributed by atoms with E-state index in [-0.39, 0.29) is 6.10 Å². The van der Waals surface area contributed by atoms with E-state index in [0.717, 1.165) is 48.7 Å². The summed E-state index contributed by atoms with van der Waals surface area (Å²) in [4.78, 5) is 7.97. The van der Waals surface area contributed by atoms with Crippen LogP contribution in [0.25, 0.3) is 10.8 Å². The molecule has 4 nitrogen and oxygen atoms in total. The number of nitrogens with zero attached hydrogens (tertiary/aromatic N) is 2. The standard InChI is InChI=1S/C17H24N2O2S/c1-12-14(18-17(21-12)16-8-5-9-22-16)11-19(2)10-13-6-3-4-7-15(13)20/h5,8-9,13,15,20H,3-4,6-7,10-11H2,1-2H3. The van der Waals surface area contributed by atoms with Crippen LogP contribution in [-0.4, -0.2) is 34.7 Å². The molecule has 2 aromatic heterocycles. The summed E-state index contributed by atoms with van der Waals surface area (Å²) in [6, 6.07) is 4.04. The van der Waals surface area contributed by atoms with Crippen molar-refractivity contribution in [2.24, 2.45) is 5.92 Å². The number of thiophene rings is 1. The number of aliphatic hydroxyl groups is 1. The molecule has 5 heteroatoms. The Hall–Kier alpha value is -1.17. The highest BCUT2D eigenvalue weighted by Crippen LogP contribution is 2.28. The van der Waals surface area contributed by atoms with Crippen molar-refractivity contribution in [2.75, 3.05) is 13.6 Å². The fraction of sp³-hybridized carbons (Fsp3) is 0.588. The SMILES string of the molecule is Cc1oc(-c2cccs2)nc1CN(C)CC1CCCCC1O. The van der Waals surface area contributed by atoms with Gasteiger partial charge in [0, 0.05) is 13.1 Å². The van der Waals surface area contributed by atoms with Crippen molar-refractivity contribution in [3.63, 3.8) is 0 Å². The minimum absolute atomic E-state index is 0.142. The minimum Gasteiger partial charge on any atom is -0.440 e. The summed E-state index contributed by atoms with van der Waals surface area (Å²) < 4.78 is 5.79. The third kappa shape index (κ3) is 3.59. The van der Waals surface area contributed by atoms with E-state index in [1.807, 2.05) is 24.4 Å². The van der Waals surface area contributed by atoms with Crippen molar-refractivity contribution in [3.8, 4) is 10.8 Å². The summed E-state index contributed by atoms with van der Waals surface area (Å²) >= 11 is 1.64.